The third-order valence-corrected chi connectivity index (χ3v) is 1.97. The van der Waals surface area contributed by atoms with E-state index in [2.05, 4.69) is 10.2 Å². The van der Waals surface area contributed by atoms with Gasteiger partial charge >= 0.3 is 6.18 Å². The van der Waals surface area contributed by atoms with Crippen LogP contribution in [0.5, 0.6) is 0 Å². The first-order valence-corrected chi connectivity index (χ1v) is 4.65. The van der Waals surface area contributed by atoms with E-state index in [9.17, 15) is 13.2 Å². The van der Waals surface area contributed by atoms with Crippen LogP contribution in [-0.2, 0) is 12.6 Å². The summed E-state index contributed by atoms with van der Waals surface area (Å²) in [5, 5.41) is 5.62. The molecule has 1 aromatic rings. The Morgan fingerprint density at radius 3 is 2.57 bits per heavy atom. The Kier molecular flexibility index (Phi) is 3.55. The van der Waals surface area contributed by atoms with E-state index in [0.29, 0.717) is 12.1 Å². The molecule has 2 nitrogen and oxygen atoms in total. The topological polar surface area (TPSA) is 28.7 Å². The lowest BCUT2D eigenvalue weighted by molar-refractivity contribution is -0.141. The predicted molar refractivity (Wildman–Crippen MR) is 46.8 cm³/mol. The van der Waals surface area contributed by atoms with Crippen molar-refractivity contribution in [3.8, 4) is 0 Å². The number of aryl methyl sites for hydroxylation is 1. The molecule has 5 heteroatoms. The number of hydrogen-bond donors (Lipinski definition) is 1. The number of H-pyrrole nitrogens is 1. The largest absolute Gasteiger partial charge is 0.435 e. The summed E-state index contributed by atoms with van der Waals surface area (Å²) in [6, 6.07) is 1.08. The lowest BCUT2D eigenvalue weighted by Gasteiger charge is -1.98. The smallest absolute Gasteiger partial charge is 0.282 e. The summed E-state index contributed by atoms with van der Waals surface area (Å²) in [4.78, 5) is 0. The van der Waals surface area contributed by atoms with Gasteiger partial charge in [0.1, 0.15) is 0 Å². The van der Waals surface area contributed by atoms with E-state index in [1.807, 2.05) is 6.92 Å². The highest BCUT2D eigenvalue weighted by Gasteiger charge is 2.33. The Balaban J connectivity index is 2.51. The minimum absolute atomic E-state index is 0.561. The van der Waals surface area contributed by atoms with Crippen LogP contribution in [0.2, 0.25) is 0 Å². The molecule has 1 aromatic heterocycles. The Morgan fingerprint density at radius 2 is 2.07 bits per heavy atom. The third-order valence-electron chi connectivity index (χ3n) is 1.97. The Labute approximate surface area is 80.5 Å². The summed E-state index contributed by atoms with van der Waals surface area (Å²) in [7, 11) is 0. The number of aromatic nitrogens is 2. The fourth-order valence-electron chi connectivity index (χ4n) is 1.20. The summed E-state index contributed by atoms with van der Waals surface area (Å²) in [5.74, 6) is 0. The van der Waals surface area contributed by atoms with Gasteiger partial charge in [-0.05, 0) is 18.9 Å². The van der Waals surface area contributed by atoms with Crippen LogP contribution in [0.4, 0.5) is 13.2 Å². The second kappa shape index (κ2) is 4.48. The van der Waals surface area contributed by atoms with Gasteiger partial charge in [0.15, 0.2) is 5.69 Å². The molecule has 0 aliphatic heterocycles. The highest BCUT2D eigenvalue weighted by Crippen LogP contribution is 2.27. The standard InChI is InChI=1S/C9H13F3N2/c1-2-3-4-5-7-6-8(14-13-7)9(10,11)12/h6H,2-5H2,1H3,(H,13,14). The second-order valence-corrected chi connectivity index (χ2v) is 3.23. The average Bonchev–Trinajstić information content (AvgIpc) is 2.52. The number of nitrogens with one attached hydrogen (secondary N) is 1. The number of halogens is 3. The van der Waals surface area contributed by atoms with Crippen molar-refractivity contribution in [2.45, 2.75) is 38.8 Å². The molecule has 1 rings (SSSR count). The van der Waals surface area contributed by atoms with Crippen molar-refractivity contribution in [3.63, 3.8) is 0 Å². The molecular weight excluding hydrogens is 193 g/mol. The predicted octanol–water partition coefficient (Wildman–Crippen LogP) is 3.16. The zero-order valence-electron chi connectivity index (χ0n) is 7.99. The molecule has 0 saturated carbocycles. The zero-order chi connectivity index (χ0) is 10.6. The molecule has 0 bridgehead atoms. The lowest BCUT2D eigenvalue weighted by atomic mass is 10.1. The minimum Gasteiger partial charge on any atom is -0.282 e. The van der Waals surface area contributed by atoms with E-state index in [0.717, 1.165) is 25.3 Å². The van der Waals surface area contributed by atoms with Gasteiger partial charge in [0.05, 0.1) is 0 Å². The zero-order valence-corrected chi connectivity index (χ0v) is 7.99. The van der Waals surface area contributed by atoms with Crippen LogP contribution in [0.3, 0.4) is 0 Å². The number of alkyl halides is 3. The maximum Gasteiger partial charge on any atom is 0.435 e. The first-order valence-electron chi connectivity index (χ1n) is 4.65. The van der Waals surface area contributed by atoms with Crippen molar-refractivity contribution in [2.24, 2.45) is 0 Å². The van der Waals surface area contributed by atoms with Gasteiger partial charge in [-0.15, -0.1) is 0 Å². The quantitative estimate of drug-likeness (QED) is 0.753. The van der Waals surface area contributed by atoms with Crippen molar-refractivity contribution >= 4 is 0 Å². The summed E-state index contributed by atoms with van der Waals surface area (Å²) in [6.45, 7) is 2.05. The maximum absolute atomic E-state index is 12.1. The van der Waals surface area contributed by atoms with Crippen LogP contribution in [-0.4, -0.2) is 10.2 Å². The van der Waals surface area contributed by atoms with Gasteiger partial charge in [-0.2, -0.15) is 18.3 Å². The fraction of sp³-hybridized carbons (Fsp3) is 0.667. The van der Waals surface area contributed by atoms with E-state index < -0.39 is 11.9 Å². The molecule has 0 fully saturated rings. The number of aromatic amines is 1. The van der Waals surface area contributed by atoms with Crippen LogP contribution in [0.15, 0.2) is 6.07 Å². The van der Waals surface area contributed by atoms with Crippen molar-refractivity contribution < 1.29 is 13.2 Å². The number of unbranched alkanes of at least 4 members (excludes halogenated alkanes) is 2. The number of nitrogens with zero attached hydrogens (tertiary/aromatic N) is 1. The summed E-state index contributed by atoms with van der Waals surface area (Å²) in [5.41, 5.74) is -0.269. The van der Waals surface area contributed by atoms with Crippen molar-refractivity contribution in [1.82, 2.24) is 10.2 Å². The van der Waals surface area contributed by atoms with E-state index in [4.69, 9.17) is 0 Å². The molecule has 0 unspecified atom stereocenters. The minimum atomic E-state index is -4.33. The van der Waals surface area contributed by atoms with Crippen molar-refractivity contribution in [3.05, 3.63) is 17.5 Å². The molecule has 1 heterocycles. The first kappa shape index (κ1) is 11.1. The molecule has 14 heavy (non-hydrogen) atoms. The monoisotopic (exact) mass is 206 g/mol. The molecule has 80 valence electrons. The fourth-order valence-corrected chi connectivity index (χ4v) is 1.20. The van der Waals surface area contributed by atoms with Gasteiger partial charge in [-0.25, -0.2) is 0 Å². The van der Waals surface area contributed by atoms with E-state index in [1.54, 1.807) is 0 Å². The normalized spacial score (nSPS) is 12.0. The second-order valence-electron chi connectivity index (χ2n) is 3.23. The van der Waals surface area contributed by atoms with E-state index >= 15 is 0 Å². The van der Waals surface area contributed by atoms with Gasteiger partial charge in [0, 0.05) is 5.69 Å². The van der Waals surface area contributed by atoms with Gasteiger partial charge in [0.2, 0.25) is 0 Å². The lowest BCUT2D eigenvalue weighted by Crippen LogP contribution is -2.04. The van der Waals surface area contributed by atoms with Gasteiger partial charge in [0.25, 0.3) is 0 Å². The van der Waals surface area contributed by atoms with Gasteiger partial charge < -0.3 is 0 Å². The van der Waals surface area contributed by atoms with Crippen LogP contribution >= 0.6 is 0 Å². The summed E-state index contributed by atoms with van der Waals surface area (Å²) >= 11 is 0. The molecule has 0 saturated heterocycles. The first-order chi connectivity index (χ1) is 6.54. The Hall–Kier alpha value is -1.00. The summed E-state index contributed by atoms with van der Waals surface area (Å²) in [6.07, 6.45) is -0.715. The molecule has 0 atom stereocenters. The summed E-state index contributed by atoms with van der Waals surface area (Å²) < 4.78 is 36.3. The van der Waals surface area contributed by atoms with Crippen molar-refractivity contribution in [2.75, 3.05) is 0 Å². The van der Waals surface area contributed by atoms with Gasteiger partial charge in [-0.3, -0.25) is 5.10 Å². The molecule has 0 aliphatic carbocycles. The average molecular weight is 206 g/mol. The van der Waals surface area contributed by atoms with E-state index in [1.165, 1.54) is 0 Å². The molecule has 0 aliphatic rings. The highest BCUT2D eigenvalue weighted by atomic mass is 19.4. The number of rotatable bonds is 4. The van der Waals surface area contributed by atoms with Crippen LogP contribution in [0.1, 0.15) is 37.6 Å². The van der Waals surface area contributed by atoms with Gasteiger partial charge in [-0.1, -0.05) is 19.8 Å². The van der Waals surface area contributed by atoms with Crippen LogP contribution in [0, 0.1) is 0 Å². The molecule has 0 aromatic carbocycles. The van der Waals surface area contributed by atoms with Crippen LogP contribution < -0.4 is 0 Å². The molecule has 0 amide bonds. The van der Waals surface area contributed by atoms with Crippen molar-refractivity contribution in [1.29, 1.82) is 0 Å². The third kappa shape index (κ3) is 3.05. The molecule has 0 radical (unpaired) electrons. The Bertz CT molecular complexity index is 278. The Morgan fingerprint density at radius 1 is 1.36 bits per heavy atom. The van der Waals surface area contributed by atoms with E-state index in [-0.39, 0.29) is 0 Å². The molecule has 0 spiro atoms. The molecule has 1 N–H and O–H groups in total. The van der Waals surface area contributed by atoms with Crippen LogP contribution in [0.25, 0.3) is 0 Å². The highest BCUT2D eigenvalue weighted by molar-refractivity contribution is 5.11. The maximum atomic E-state index is 12.1. The SMILES string of the molecule is CCCCCc1cc(C(F)(F)F)n[nH]1. The molecular formula is C9H13F3N2. The number of hydrogen-bond acceptors (Lipinski definition) is 1.